The van der Waals surface area contributed by atoms with Crippen LogP contribution < -0.4 is 10.6 Å². The van der Waals surface area contributed by atoms with Gasteiger partial charge in [0.1, 0.15) is 11.6 Å². The molecule has 1 aromatic rings. The third-order valence-electron chi connectivity index (χ3n) is 3.55. The Morgan fingerprint density at radius 3 is 2.78 bits per heavy atom. The summed E-state index contributed by atoms with van der Waals surface area (Å²) in [5, 5.41) is 6.72. The molecule has 4 heteroatoms. The maximum absolute atomic E-state index is 13.8. The Morgan fingerprint density at radius 1 is 1.39 bits per heavy atom. The van der Waals surface area contributed by atoms with Gasteiger partial charge in [0.05, 0.1) is 0 Å². The minimum atomic E-state index is -0.528. The lowest BCUT2D eigenvalue weighted by Crippen LogP contribution is -2.40. The topological polar surface area (TPSA) is 24.1 Å². The second kappa shape index (κ2) is 5.33. The highest BCUT2D eigenvalue weighted by Gasteiger charge is 2.26. The standard InChI is InChI=1S/C14H20F2N2/c1-14(2,9-18-11-5-6-17-8-11)12-4-3-10(15)7-13(12)16/h3-4,7,11,17-18H,5-6,8-9H2,1-2H3. The van der Waals surface area contributed by atoms with Crippen molar-refractivity contribution < 1.29 is 8.78 Å². The minimum Gasteiger partial charge on any atom is -0.315 e. The molecule has 18 heavy (non-hydrogen) atoms. The maximum atomic E-state index is 13.8. The van der Waals surface area contributed by atoms with Gasteiger partial charge < -0.3 is 10.6 Å². The van der Waals surface area contributed by atoms with Crippen LogP contribution in [0.1, 0.15) is 25.8 Å². The Hall–Kier alpha value is -1.00. The first-order chi connectivity index (χ1) is 8.49. The Morgan fingerprint density at radius 2 is 2.17 bits per heavy atom. The SMILES string of the molecule is CC(C)(CNC1CCNC1)c1ccc(F)cc1F. The van der Waals surface area contributed by atoms with Gasteiger partial charge in [-0.1, -0.05) is 19.9 Å². The van der Waals surface area contributed by atoms with Crippen LogP contribution in [0.5, 0.6) is 0 Å². The summed E-state index contributed by atoms with van der Waals surface area (Å²) in [5.41, 5.74) is 0.211. The average molecular weight is 254 g/mol. The van der Waals surface area contributed by atoms with Crippen LogP contribution in [-0.4, -0.2) is 25.7 Å². The molecule has 2 rings (SSSR count). The van der Waals surface area contributed by atoms with Crippen molar-refractivity contribution in [2.24, 2.45) is 0 Å². The molecule has 1 aromatic carbocycles. The molecule has 1 fully saturated rings. The molecule has 0 saturated carbocycles. The molecule has 1 atom stereocenters. The van der Waals surface area contributed by atoms with Gasteiger partial charge in [-0.15, -0.1) is 0 Å². The number of halogens is 2. The van der Waals surface area contributed by atoms with Gasteiger partial charge in [0, 0.05) is 30.6 Å². The lowest BCUT2D eigenvalue weighted by Gasteiger charge is -2.28. The molecule has 0 aliphatic carbocycles. The van der Waals surface area contributed by atoms with Gasteiger partial charge in [0.15, 0.2) is 0 Å². The lowest BCUT2D eigenvalue weighted by molar-refractivity contribution is 0.411. The Bertz CT molecular complexity index is 412. The fourth-order valence-corrected chi connectivity index (χ4v) is 2.36. The zero-order valence-electron chi connectivity index (χ0n) is 10.9. The summed E-state index contributed by atoms with van der Waals surface area (Å²) in [4.78, 5) is 0. The summed E-state index contributed by atoms with van der Waals surface area (Å²) >= 11 is 0. The number of hydrogen-bond donors (Lipinski definition) is 2. The molecular formula is C14H20F2N2. The summed E-state index contributed by atoms with van der Waals surface area (Å²) < 4.78 is 26.7. The monoisotopic (exact) mass is 254 g/mol. The van der Waals surface area contributed by atoms with Crippen molar-refractivity contribution in [2.75, 3.05) is 19.6 Å². The molecule has 0 amide bonds. The Labute approximate surface area is 107 Å². The van der Waals surface area contributed by atoms with Crippen LogP contribution in [0.15, 0.2) is 18.2 Å². The number of benzene rings is 1. The van der Waals surface area contributed by atoms with Crippen LogP contribution >= 0.6 is 0 Å². The van der Waals surface area contributed by atoms with Crippen molar-refractivity contribution in [3.05, 3.63) is 35.4 Å². The normalized spacial score (nSPS) is 20.3. The molecule has 2 nitrogen and oxygen atoms in total. The van der Waals surface area contributed by atoms with E-state index in [0.717, 1.165) is 25.6 Å². The Kier molecular flexibility index (Phi) is 3.97. The molecule has 1 aliphatic rings. The average Bonchev–Trinajstić information content (AvgIpc) is 2.78. The van der Waals surface area contributed by atoms with E-state index < -0.39 is 11.6 Å². The predicted molar refractivity (Wildman–Crippen MR) is 68.7 cm³/mol. The zero-order chi connectivity index (χ0) is 13.2. The summed E-state index contributed by atoms with van der Waals surface area (Å²) in [6.45, 7) is 6.62. The third-order valence-corrected chi connectivity index (χ3v) is 3.55. The van der Waals surface area contributed by atoms with Gasteiger partial charge >= 0.3 is 0 Å². The van der Waals surface area contributed by atoms with E-state index in [2.05, 4.69) is 10.6 Å². The smallest absolute Gasteiger partial charge is 0.129 e. The van der Waals surface area contributed by atoms with E-state index >= 15 is 0 Å². The fourth-order valence-electron chi connectivity index (χ4n) is 2.36. The maximum Gasteiger partial charge on any atom is 0.129 e. The highest BCUT2D eigenvalue weighted by molar-refractivity contribution is 5.26. The van der Waals surface area contributed by atoms with E-state index in [4.69, 9.17) is 0 Å². The van der Waals surface area contributed by atoms with Gasteiger partial charge in [0.2, 0.25) is 0 Å². The van der Waals surface area contributed by atoms with Crippen molar-refractivity contribution in [3.8, 4) is 0 Å². The van der Waals surface area contributed by atoms with Crippen LogP contribution in [0.3, 0.4) is 0 Å². The van der Waals surface area contributed by atoms with E-state index in [0.29, 0.717) is 18.2 Å². The highest BCUT2D eigenvalue weighted by Crippen LogP contribution is 2.25. The van der Waals surface area contributed by atoms with Gasteiger partial charge in [-0.2, -0.15) is 0 Å². The summed E-state index contributed by atoms with van der Waals surface area (Å²) in [7, 11) is 0. The van der Waals surface area contributed by atoms with Crippen molar-refractivity contribution in [1.82, 2.24) is 10.6 Å². The largest absolute Gasteiger partial charge is 0.315 e. The van der Waals surface area contributed by atoms with Gasteiger partial charge in [0.25, 0.3) is 0 Å². The quantitative estimate of drug-likeness (QED) is 0.860. The summed E-state index contributed by atoms with van der Waals surface area (Å²) in [6.07, 6.45) is 1.10. The molecule has 1 heterocycles. The van der Waals surface area contributed by atoms with Gasteiger partial charge in [-0.3, -0.25) is 0 Å². The van der Waals surface area contributed by atoms with Crippen LogP contribution in [0.4, 0.5) is 8.78 Å². The highest BCUT2D eigenvalue weighted by atomic mass is 19.1. The van der Waals surface area contributed by atoms with Gasteiger partial charge in [-0.25, -0.2) is 8.78 Å². The first-order valence-electron chi connectivity index (χ1n) is 6.39. The van der Waals surface area contributed by atoms with E-state index in [9.17, 15) is 8.78 Å². The molecule has 0 aromatic heterocycles. The number of hydrogen-bond acceptors (Lipinski definition) is 2. The van der Waals surface area contributed by atoms with Crippen LogP contribution in [0, 0.1) is 11.6 Å². The first-order valence-corrected chi connectivity index (χ1v) is 6.39. The zero-order valence-corrected chi connectivity index (χ0v) is 10.9. The lowest BCUT2D eigenvalue weighted by atomic mass is 9.84. The molecule has 0 spiro atoms. The third kappa shape index (κ3) is 3.06. The van der Waals surface area contributed by atoms with Gasteiger partial charge in [-0.05, 0) is 24.6 Å². The number of rotatable bonds is 4. The molecule has 1 saturated heterocycles. The molecular weight excluding hydrogens is 234 g/mol. The number of nitrogens with one attached hydrogen (secondary N) is 2. The van der Waals surface area contributed by atoms with Crippen LogP contribution in [-0.2, 0) is 5.41 Å². The molecule has 0 radical (unpaired) electrons. The van der Waals surface area contributed by atoms with E-state index in [1.807, 2.05) is 13.8 Å². The van der Waals surface area contributed by atoms with Crippen molar-refractivity contribution >= 4 is 0 Å². The van der Waals surface area contributed by atoms with Crippen LogP contribution in [0.2, 0.25) is 0 Å². The molecule has 1 aliphatic heterocycles. The summed E-state index contributed by atoms with van der Waals surface area (Å²) in [5.74, 6) is -0.994. The van der Waals surface area contributed by atoms with E-state index in [-0.39, 0.29) is 5.41 Å². The molecule has 1 unspecified atom stereocenters. The van der Waals surface area contributed by atoms with Crippen molar-refractivity contribution in [1.29, 1.82) is 0 Å². The first kappa shape index (κ1) is 13.4. The van der Waals surface area contributed by atoms with Crippen molar-refractivity contribution in [3.63, 3.8) is 0 Å². The predicted octanol–water partition coefficient (Wildman–Crippen LogP) is 2.19. The minimum absolute atomic E-state index is 0.347. The van der Waals surface area contributed by atoms with E-state index in [1.54, 1.807) is 6.07 Å². The summed E-state index contributed by atoms with van der Waals surface area (Å²) in [6, 6.07) is 4.26. The molecule has 2 N–H and O–H groups in total. The fraction of sp³-hybridized carbons (Fsp3) is 0.571. The molecule has 100 valence electrons. The molecule has 0 bridgehead atoms. The Balaban J connectivity index is 2.04. The van der Waals surface area contributed by atoms with E-state index in [1.165, 1.54) is 6.07 Å². The second-order valence-electron chi connectivity index (χ2n) is 5.58. The van der Waals surface area contributed by atoms with Crippen molar-refractivity contribution in [2.45, 2.75) is 31.7 Å². The van der Waals surface area contributed by atoms with Crippen LogP contribution in [0.25, 0.3) is 0 Å². The second-order valence-corrected chi connectivity index (χ2v) is 5.58.